The molecule has 26 heavy (non-hydrogen) atoms. The van der Waals surface area contributed by atoms with Gasteiger partial charge in [0, 0.05) is 31.1 Å². The monoisotopic (exact) mass is 355 g/mol. The molecular weight excluding hydrogens is 333 g/mol. The van der Waals surface area contributed by atoms with Crippen molar-refractivity contribution in [2.45, 2.75) is 32.9 Å². The van der Waals surface area contributed by atoms with Gasteiger partial charge in [0.15, 0.2) is 0 Å². The van der Waals surface area contributed by atoms with Crippen molar-refractivity contribution >= 4 is 16.7 Å². The molecule has 0 amide bonds. The Kier molecular flexibility index (Phi) is 4.55. The van der Waals surface area contributed by atoms with E-state index in [1.807, 2.05) is 11.6 Å². The Hall–Kier alpha value is -2.54. The second-order valence-corrected chi connectivity index (χ2v) is 6.98. The zero-order valence-electron chi connectivity index (χ0n) is 14.8. The number of piperidine rings is 1. The number of pyridine rings is 1. The normalized spacial score (nSPS) is 15.7. The molecule has 0 bridgehead atoms. The molecule has 2 aromatic heterocycles. The van der Waals surface area contributed by atoms with Crippen LogP contribution in [0.1, 0.15) is 24.1 Å². The minimum absolute atomic E-state index is 0.0774. The van der Waals surface area contributed by atoms with Crippen molar-refractivity contribution in [2.24, 2.45) is 5.92 Å². The number of hydrogen-bond acceptors (Lipinski definition) is 5. The number of aromatic nitrogens is 4. The number of aliphatic hydroxyl groups is 1. The lowest BCUT2D eigenvalue weighted by Gasteiger charge is -2.33. The molecule has 1 saturated heterocycles. The molecule has 136 valence electrons. The van der Waals surface area contributed by atoms with Crippen molar-refractivity contribution < 1.29 is 9.50 Å². The Morgan fingerprint density at radius 3 is 2.77 bits per heavy atom. The highest BCUT2D eigenvalue weighted by Gasteiger charge is 2.21. The number of hydrogen-bond donors (Lipinski definition) is 1. The molecule has 0 unspecified atom stereocenters. The van der Waals surface area contributed by atoms with Crippen molar-refractivity contribution in [3.63, 3.8) is 0 Å². The van der Waals surface area contributed by atoms with Gasteiger partial charge in [-0.1, -0.05) is 5.21 Å². The Balaban J connectivity index is 1.45. The molecule has 3 aromatic rings. The van der Waals surface area contributed by atoms with Crippen LogP contribution in [0.5, 0.6) is 0 Å². The highest BCUT2D eigenvalue weighted by atomic mass is 19.1. The molecule has 7 heteroatoms. The predicted molar refractivity (Wildman–Crippen MR) is 97.3 cm³/mol. The minimum Gasteiger partial charge on any atom is -0.390 e. The maximum atomic E-state index is 13.5. The highest BCUT2D eigenvalue weighted by molar-refractivity contribution is 5.84. The molecule has 0 atom stereocenters. The van der Waals surface area contributed by atoms with Crippen LogP contribution >= 0.6 is 0 Å². The van der Waals surface area contributed by atoms with Gasteiger partial charge in [0.05, 0.1) is 18.3 Å². The number of fused-ring (bicyclic) bond motifs is 1. The van der Waals surface area contributed by atoms with Gasteiger partial charge in [0.25, 0.3) is 0 Å². The summed E-state index contributed by atoms with van der Waals surface area (Å²) in [6.07, 6.45) is 3.88. The minimum atomic E-state index is -0.254. The summed E-state index contributed by atoms with van der Waals surface area (Å²) >= 11 is 0. The number of halogens is 1. The van der Waals surface area contributed by atoms with Gasteiger partial charge in [0.1, 0.15) is 17.3 Å². The fourth-order valence-corrected chi connectivity index (χ4v) is 3.63. The van der Waals surface area contributed by atoms with Crippen molar-refractivity contribution in [2.75, 3.05) is 18.0 Å². The second-order valence-electron chi connectivity index (χ2n) is 6.98. The molecule has 1 fully saturated rings. The van der Waals surface area contributed by atoms with E-state index < -0.39 is 0 Å². The molecule has 1 aliphatic rings. The van der Waals surface area contributed by atoms with Crippen LogP contribution in [0.4, 0.5) is 10.2 Å². The van der Waals surface area contributed by atoms with Crippen LogP contribution in [0.2, 0.25) is 0 Å². The van der Waals surface area contributed by atoms with Crippen molar-refractivity contribution in [1.82, 2.24) is 20.0 Å². The van der Waals surface area contributed by atoms with E-state index in [4.69, 9.17) is 5.11 Å². The first-order valence-corrected chi connectivity index (χ1v) is 8.94. The lowest BCUT2D eigenvalue weighted by Crippen LogP contribution is -2.35. The molecule has 0 spiro atoms. The largest absolute Gasteiger partial charge is 0.390 e. The van der Waals surface area contributed by atoms with Gasteiger partial charge in [-0.25, -0.2) is 9.37 Å². The summed E-state index contributed by atoms with van der Waals surface area (Å²) in [6.45, 7) is 4.61. The van der Waals surface area contributed by atoms with E-state index in [1.54, 1.807) is 12.3 Å². The lowest BCUT2D eigenvalue weighted by molar-refractivity contribution is 0.276. The van der Waals surface area contributed by atoms with Crippen molar-refractivity contribution in [3.05, 3.63) is 47.5 Å². The van der Waals surface area contributed by atoms with E-state index in [1.165, 1.54) is 12.1 Å². The van der Waals surface area contributed by atoms with Crippen LogP contribution in [0.3, 0.4) is 0 Å². The Labute approximate surface area is 151 Å². The molecule has 0 aliphatic carbocycles. The SMILES string of the molecule is Cc1cc(N2CCC(Cn3cc(CO)nn3)CC2)nc2cc(F)ccc12. The van der Waals surface area contributed by atoms with Gasteiger partial charge in [-0.2, -0.15) is 0 Å². The zero-order chi connectivity index (χ0) is 18.1. The number of benzene rings is 1. The molecule has 4 rings (SSSR count). The summed E-state index contributed by atoms with van der Waals surface area (Å²) in [4.78, 5) is 6.95. The molecular formula is C19H22FN5O. The third-order valence-corrected chi connectivity index (χ3v) is 5.10. The molecule has 1 N–H and O–H groups in total. The molecule has 1 aliphatic heterocycles. The average molecular weight is 355 g/mol. The number of aryl methyl sites for hydroxylation is 1. The number of nitrogens with zero attached hydrogens (tertiary/aromatic N) is 5. The number of rotatable bonds is 4. The third kappa shape index (κ3) is 3.39. The predicted octanol–water partition coefficient (Wildman–Crippen LogP) is 2.68. The van der Waals surface area contributed by atoms with Crippen molar-refractivity contribution in [3.8, 4) is 0 Å². The van der Waals surface area contributed by atoms with Crippen LogP contribution in [0.25, 0.3) is 10.9 Å². The molecule has 0 saturated carbocycles. The molecule has 0 radical (unpaired) electrons. The third-order valence-electron chi connectivity index (χ3n) is 5.10. The summed E-state index contributed by atoms with van der Waals surface area (Å²) < 4.78 is 15.4. The number of aliphatic hydroxyl groups excluding tert-OH is 1. The summed E-state index contributed by atoms with van der Waals surface area (Å²) in [7, 11) is 0. The summed E-state index contributed by atoms with van der Waals surface area (Å²) in [5.74, 6) is 1.19. The average Bonchev–Trinajstić information content (AvgIpc) is 3.09. The summed E-state index contributed by atoms with van der Waals surface area (Å²) in [5.41, 5.74) is 2.43. The lowest BCUT2D eigenvalue weighted by atomic mass is 9.96. The van der Waals surface area contributed by atoms with Crippen LogP contribution in [-0.4, -0.2) is 38.2 Å². The van der Waals surface area contributed by atoms with Gasteiger partial charge in [-0.05, 0) is 49.4 Å². The standard InChI is InChI=1S/C19H22FN5O/c1-13-8-19(21-18-9-15(20)2-3-17(13)18)24-6-4-14(5-7-24)10-25-11-16(12-26)22-23-25/h2-3,8-9,11,14,26H,4-7,10,12H2,1H3. The maximum Gasteiger partial charge on any atom is 0.129 e. The molecule has 1 aromatic carbocycles. The van der Waals surface area contributed by atoms with Gasteiger partial charge in [0.2, 0.25) is 0 Å². The Morgan fingerprint density at radius 2 is 2.04 bits per heavy atom. The van der Waals surface area contributed by atoms with Gasteiger partial charge in [-0.15, -0.1) is 5.10 Å². The smallest absolute Gasteiger partial charge is 0.129 e. The number of anilines is 1. The molecule has 6 nitrogen and oxygen atoms in total. The van der Waals surface area contributed by atoms with Crippen LogP contribution in [0, 0.1) is 18.7 Å². The van der Waals surface area contributed by atoms with Gasteiger partial charge in [-0.3, -0.25) is 4.68 Å². The van der Waals surface area contributed by atoms with E-state index >= 15 is 0 Å². The maximum absolute atomic E-state index is 13.5. The Morgan fingerprint density at radius 1 is 1.23 bits per heavy atom. The first kappa shape index (κ1) is 16.9. The quantitative estimate of drug-likeness (QED) is 0.779. The fraction of sp³-hybridized carbons (Fsp3) is 0.421. The van der Waals surface area contributed by atoms with Gasteiger partial charge >= 0.3 is 0 Å². The van der Waals surface area contributed by atoms with E-state index in [0.29, 0.717) is 17.1 Å². The van der Waals surface area contributed by atoms with Crippen LogP contribution in [0.15, 0.2) is 30.5 Å². The fourth-order valence-electron chi connectivity index (χ4n) is 3.63. The second kappa shape index (κ2) is 6.99. The summed E-state index contributed by atoms with van der Waals surface area (Å²) in [5, 5.41) is 18.1. The van der Waals surface area contributed by atoms with E-state index in [9.17, 15) is 4.39 Å². The van der Waals surface area contributed by atoms with Crippen molar-refractivity contribution in [1.29, 1.82) is 0 Å². The Bertz CT molecular complexity index is 917. The highest BCUT2D eigenvalue weighted by Crippen LogP contribution is 2.27. The van der Waals surface area contributed by atoms with E-state index in [0.717, 1.165) is 49.2 Å². The first-order chi connectivity index (χ1) is 12.6. The van der Waals surface area contributed by atoms with Gasteiger partial charge < -0.3 is 10.0 Å². The van der Waals surface area contributed by atoms with Crippen LogP contribution in [-0.2, 0) is 13.2 Å². The molecule has 3 heterocycles. The van der Waals surface area contributed by atoms with E-state index in [2.05, 4.69) is 26.3 Å². The summed E-state index contributed by atoms with van der Waals surface area (Å²) in [6, 6.07) is 6.86. The topological polar surface area (TPSA) is 67.1 Å². The first-order valence-electron chi connectivity index (χ1n) is 8.94. The van der Waals surface area contributed by atoms with Crippen LogP contribution < -0.4 is 4.90 Å². The van der Waals surface area contributed by atoms with E-state index in [-0.39, 0.29) is 12.4 Å². The zero-order valence-corrected chi connectivity index (χ0v) is 14.8.